The molecule has 2 aromatic rings. The Morgan fingerprint density at radius 1 is 1.06 bits per heavy atom. The number of likely N-dealkylation sites (tertiary alicyclic amines) is 1. The standard InChI is InChI=1S/C26H33N3O4/c1-4-18-33-21-10-8-19(9-11-21)23-22(24(30)20-12-14-27-15-13-20)25(31)26(32)29(23)17-7-16-28(5-2)6-3/h8-15,23,30H,4-7,16-18H2,1-3H3/b24-22+. The molecule has 1 N–H and O–H groups in total. The van der Waals surface area contributed by atoms with E-state index in [2.05, 4.69) is 23.7 Å². The van der Waals surface area contributed by atoms with Gasteiger partial charge in [-0.3, -0.25) is 14.6 Å². The number of aliphatic hydroxyl groups is 1. The third-order valence-electron chi connectivity index (χ3n) is 5.93. The van der Waals surface area contributed by atoms with Gasteiger partial charge in [0, 0.05) is 24.5 Å². The Bertz CT molecular complexity index is 969. The van der Waals surface area contributed by atoms with Crippen LogP contribution in [0.5, 0.6) is 5.75 Å². The second-order valence-corrected chi connectivity index (χ2v) is 8.03. The maximum absolute atomic E-state index is 13.1. The Hall–Kier alpha value is -3.19. The number of carbonyl (C=O) groups excluding carboxylic acids is 2. The van der Waals surface area contributed by atoms with E-state index < -0.39 is 17.7 Å². The first-order valence-corrected chi connectivity index (χ1v) is 11.7. The van der Waals surface area contributed by atoms with E-state index in [-0.39, 0.29) is 11.3 Å². The van der Waals surface area contributed by atoms with Gasteiger partial charge in [0.1, 0.15) is 11.5 Å². The molecule has 7 nitrogen and oxygen atoms in total. The smallest absolute Gasteiger partial charge is 0.295 e. The van der Waals surface area contributed by atoms with E-state index in [1.807, 2.05) is 31.2 Å². The van der Waals surface area contributed by atoms with E-state index in [9.17, 15) is 14.7 Å². The van der Waals surface area contributed by atoms with Crippen molar-refractivity contribution in [3.05, 3.63) is 65.5 Å². The summed E-state index contributed by atoms with van der Waals surface area (Å²) in [5, 5.41) is 11.0. The molecule has 0 radical (unpaired) electrons. The second kappa shape index (κ2) is 11.6. The summed E-state index contributed by atoms with van der Waals surface area (Å²) in [4.78, 5) is 33.9. The van der Waals surface area contributed by atoms with Gasteiger partial charge in [-0.25, -0.2) is 0 Å². The fourth-order valence-corrected chi connectivity index (χ4v) is 4.09. The van der Waals surface area contributed by atoms with Crippen LogP contribution in [-0.2, 0) is 9.59 Å². The molecule has 0 bridgehead atoms. The van der Waals surface area contributed by atoms with Crippen LogP contribution in [0.3, 0.4) is 0 Å². The van der Waals surface area contributed by atoms with Gasteiger partial charge in [-0.2, -0.15) is 0 Å². The molecule has 1 amide bonds. The number of rotatable bonds is 11. The van der Waals surface area contributed by atoms with E-state index in [0.717, 1.165) is 43.8 Å². The van der Waals surface area contributed by atoms with Crippen LogP contribution < -0.4 is 4.74 Å². The van der Waals surface area contributed by atoms with E-state index >= 15 is 0 Å². The predicted molar refractivity (Wildman–Crippen MR) is 128 cm³/mol. The molecule has 33 heavy (non-hydrogen) atoms. The van der Waals surface area contributed by atoms with Gasteiger partial charge in [0.25, 0.3) is 11.7 Å². The number of amides is 1. The van der Waals surface area contributed by atoms with Crippen molar-refractivity contribution >= 4 is 17.4 Å². The molecule has 176 valence electrons. The number of hydrogen-bond acceptors (Lipinski definition) is 6. The number of aliphatic hydroxyl groups excluding tert-OH is 1. The molecule has 1 atom stereocenters. The van der Waals surface area contributed by atoms with Gasteiger partial charge in [0.05, 0.1) is 18.2 Å². The molecule has 0 saturated carbocycles. The zero-order chi connectivity index (χ0) is 23.8. The lowest BCUT2D eigenvalue weighted by Crippen LogP contribution is -2.33. The highest BCUT2D eigenvalue weighted by molar-refractivity contribution is 6.46. The summed E-state index contributed by atoms with van der Waals surface area (Å²) in [5.74, 6) is -0.698. The van der Waals surface area contributed by atoms with Crippen LogP contribution >= 0.6 is 0 Å². The predicted octanol–water partition coefficient (Wildman–Crippen LogP) is 4.02. The summed E-state index contributed by atoms with van der Waals surface area (Å²) in [6.07, 6.45) is 4.73. The second-order valence-electron chi connectivity index (χ2n) is 8.03. The first kappa shape index (κ1) is 24.5. The van der Waals surface area contributed by atoms with Gasteiger partial charge in [-0.15, -0.1) is 0 Å². The van der Waals surface area contributed by atoms with Crippen molar-refractivity contribution in [2.45, 2.75) is 39.7 Å². The number of ether oxygens (including phenoxy) is 1. The molecule has 1 aliphatic heterocycles. The molecular weight excluding hydrogens is 418 g/mol. The maximum atomic E-state index is 13.1. The molecule has 1 saturated heterocycles. The number of pyridine rings is 1. The summed E-state index contributed by atoms with van der Waals surface area (Å²) in [6.45, 7) is 9.98. The van der Waals surface area contributed by atoms with Crippen molar-refractivity contribution in [3.63, 3.8) is 0 Å². The number of Topliss-reactive ketones (excluding diaryl/α,β-unsaturated/α-hetero) is 1. The Morgan fingerprint density at radius 3 is 2.33 bits per heavy atom. The molecule has 0 spiro atoms. The van der Waals surface area contributed by atoms with Crippen molar-refractivity contribution < 1.29 is 19.4 Å². The quantitative estimate of drug-likeness (QED) is 0.316. The molecule has 2 heterocycles. The molecule has 1 fully saturated rings. The Kier molecular flexibility index (Phi) is 8.60. The largest absolute Gasteiger partial charge is 0.507 e. The van der Waals surface area contributed by atoms with Crippen LogP contribution in [0.4, 0.5) is 0 Å². The van der Waals surface area contributed by atoms with Crippen molar-refractivity contribution in [2.75, 3.05) is 32.8 Å². The Labute approximate surface area is 195 Å². The third-order valence-corrected chi connectivity index (χ3v) is 5.93. The third kappa shape index (κ3) is 5.60. The van der Waals surface area contributed by atoms with Crippen LogP contribution in [0.1, 0.15) is 50.8 Å². The fourth-order valence-electron chi connectivity index (χ4n) is 4.09. The van der Waals surface area contributed by atoms with Crippen molar-refractivity contribution in [1.82, 2.24) is 14.8 Å². The number of hydrogen-bond donors (Lipinski definition) is 1. The summed E-state index contributed by atoms with van der Waals surface area (Å²) in [5.41, 5.74) is 1.33. The van der Waals surface area contributed by atoms with Crippen LogP contribution in [0.15, 0.2) is 54.4 Å². The Morgan fingerprint density at radius 2 is 1.73 bits per heavy atom. The number of aromatic nitrogens is 1. The lowest BCUT2D eigenvalue weighted by Gasteiger charge is -2.27. The zero-order valence-electron chi connectivity index (χ0n) is 19.7. The maximum Gasteiger partial charge on any atom is 0.295 e. The van der Waals surface area contributed by atoms with E-state index in [1.54, 1.807) is 29.4 Å². The molecule has 3 rings (SSSR count). The number of carbonyl (C=O) groups is 2. The molecule has 0 aliphatic carbocycles. The van der Waals surface area contributed by atoms with Crippen LogP contribution in [-0.4, -0.2) is 64.4 Å². The summed E-state index contributed by atoms with van der Waals surface area (Å²) < 4.78 is 5.68. The lowest BCUT2D eigenvalue weighted by molar-refractivity contribution is -0.140. The highest BCUT2D eigenvalue weighted by Crippen LogP contribution is 2.39. The topological polar surface area (TPSA) is 83.0 Å². The number of ketones is 1. The average Bonchev–Trinajstić information content (AvgIpc) is 3.10. The van der Waals surface area contributed by atoms with Gasteiger partial charge >= 0.3 is 0 Å². The van der Waals surface area contributed by atoms with Crippen LogP contribution in [0.25, 0.3) is 5.76 Å². The van der Waals surface area contributed by atoms with Gasteiger partial charge in [-0.1, -0.05) is 32.9 Å². The molecule has 1 aliphatic rings. The van der Waals surface area contributed by atoms with Gasteiger partial charge in [0.15, 0.2) is 0 Å². The minimum atomic E-state index is -0.663. The summed E-state index contributed by atoms with van der Waals surface area (Å²) >= 11 is 0. The number of nitrogens with zero attached hydrogens (tertiary/aromatic N) is 3. The highest BCUT2D eigenvalue weighted by atomic mass is 16.5. The number of benzene rings is 1. The minimum absolute atomic E-state index is 0.108. The summed E-state index contributed by atoms with van der Waals surface area (Å²) in [7, 11) is 0. The monoisotopic (exact) mass is 451 g/mol. The van der Waals surface area contributed by atoms with Crippen LogP contribution in [0, 0.1) is 0 Å². The average molecular weight is 452 g/mol. The molecule has 1 aromatic carbocycles. The Balaban J connectivity index is 1.97. The fraction of sp³-hybridized carbons (Fsp3) is 0.423. The first-order valence-electron chi connectivity index (χ1n) is 11.7. The highest BCUT2D eigenvalue weighted by Gasteiger charge is 2.45. The van der Waals surface area contributed by atoms with Gasteiger partial charge in [0.2, 0.25) is 0 Å². The zero-order valence-corrected chi connectivity index (χ0v) is 19.7. The van der Waals surface area contributed by atoms with E-state index in [0.29, 0.717) is 18.7 Å². The van der Waals surface area contributed by atoms with E-state index in [4.69, 9.17) is 4.74 Å². The van der Waals surface area contributed by atoms with Crippen molar-refractivity contribution in [2.24, 2.45) is 0 Å². The van der Waals surface area contributed by atoms with Crippen LogP contribution in [0.2, 0.25) is 0 Å². The SMILES string of the molecule is CCCOc1ccc(C2/C(=C(\O)c3ccncc3)C(=O)C(=O)N2CCCN(CC)CC)cc1. The summed E-state index contributed by atoms with van der Waals surface area (Å²) in [6, 6.07) is 10.00. The molecule has 7 heteroatoms. The van der Waals surface area contributed by atoms with Crippen molar-refractivity contribution in [1.29, 1.82) is 0 Å². The van der Waals surface area contributed by atoms with Gasteiger partial charge < -0.3 is 19.6 Å². The van der Waals surface area contributed by atoms with E-state index in [1.165, 1.54) is 0 Å². The lowest BCUT2D eigenvalue weighted by atomic mass is 9.95. The molecular formula is C26H33N3O4. The normalized spacial score (nSPS) is 17.7. The molecule has 1 aromatic heterocycles. The van der Waals surface area contributed by atoms with Gasteiger partial charge in [-0.05, 0) is 62.3 Å². The first-order chi connectivity index (χ1) is 16.0. The molecule has 1 unspecified atom stereocenters. The van der Waals surface area contributed by atoms with Crippen molar-refractivity contribution in [3.8, 4) is 5.75 Å². The minimum Gasteiger partial charge on any atom is -0.507 e.